The molecule has 0 unspecified atom stereocenters. The van der Waals surface area contributed by atoms with Gasteiger partial charge in [-0.15, -0.1) is 0 Å². The van der Waals surface area contributed by atoms with Gasteiger partial charge in [-0.05, 0) is 0 Å². The fraction of sp³-hybridized carbons (Fsp3) is 0.143. The van der Waals surface area contributed by atoms with E-state index in [0.717, 1.165) is 0 Å². The first kappa shape index (κ1) is 19.0. The predicted octanol–water partition coefficient (Wildman–Crippen LogP) is 6.36. The Bertz CT molecular complexity index is 730. The SMILES string of the molecule is Cc1ccc([O][Ti]([Br])([O]c2ccc(C)cc2)[O]c2ccc(C)cc2)cc1. The first-order valence-electron chi connectivity index (χ1n) is 8.38. The monoisotopic (exact) mass is 448 g/mol. The Kier molecular flexibility index (Phi) is 6.07. The Morgan fingerprint density at radius 1 is 0.500 bits per heavy atom. The number of benzene rings is 3. The molecule has 0 aliphatic rings. The molecule has 3 aromatic carbocycles. The van der Waals surface area contributed by atoms with Gasteiger partial charge < -0.3 is 0 Å². The average molecular weight is 449 g/mol. The van der Waals surface area contributed by atoms with E-state index in [0.29, 0.717) is 17.2 Å². The van der Waals surface area contributed by atoms with Crippen LogP contribution in [0.4, 0.5) is 0 Å². The van der Waals surface area contributed by atoms with Crippen LogP contribution in [0.2, 0.25) is 0 Å². The van der Waals surface area contributed by atoms with Crippen LogP contribution in [0.1, 0.15) is 16.7 Å². The van der Waals surface area contributed by atoms with Crippen LogP contribution in [-0.4, -0.2) is 0 Å². The van der Waals surface area contributed by atoms with Crippen molar-refractivity contribution in [3.8, 4) is 17.2 Å². The molecule has 0 saturated carbocycles. The van der Waals surface area contributed by atoms with E-state index in [1.807, 2.05) is 93.6 Å². The van der Waals surface area contributed by atoms with Crippen molar-refractivity contribution < 1.29 is 25.6 Å². The summed E-state index contributed by atoms with van der Waals surface area (Å²) in [5, 5.41) is 0. The zero-order valence-corrected chi connectivity index (χ0v) is 18.2. The Morgan fingerprint density at radius 3 is 0.962 bits per heavy atom. The molecule has 0 aliphatic carbocycles. The van der Waals surface area contributed by atoms with Crippen molar-refractivity contribution in [3.05, 3.63) is 89.5 Å². The summed E-state index contributed by atoms with van der Waals surface area (Å²) in [5.41, 5.74) is 3.51. The second kappa shape index (κ2) is 8.30. The van der Waals surface area contributed by atoms with Crippen LogP contribution in [0.5, 0.6) is 17.2 Å². The van der Waals surface area contributed by atoms with Gasteiger partial charge in [0.15, 0.2) is 0 Å². The van der Waals surface area contributed by atoms with Gasteiger partial charge in [-0.25, -0.2) is 0 Å². The van der Waals surface area contributed by atoms with E-state index in [9.17, 15) is 0 Å². The van der Waals surface area contributed by atoms with Crippen LogP contribution in [0.25, 0.3) is 0 Å². The van der Waals surface area contributed by atoms with Crippen LogP contribution in [0.15, 0.2) is 72.8 Å². The quantitative estimate of drug-likeness (QED) is 0.410. The van der Waals surface area contributed by atoms with Crippen molar-refractivity contribution >= 4 is 13.2 Å². The molecule has 0 aromatic heterocycles. The second-order valence-electron chi connectivity index (χ2n) is 6.23. The van der Waals surface area contributed by atoms with Crippen LogP contribution >= 0.6 is 13.2 Å². The van der Waals surface area contributed by atoms with Crippen molar-refractivity contribution in [2.45, 2.75) is 20.8 Å². The molecule has 0 aliphatic heterocycles. The molecule has 26 heavy (non-hydrogen) atoms. The minimum absolute atomic E-state index is 0.715. The van der Waals surface area contributed by atoms with Gasteiger partial charge in [0, 0.05) is 0 Å². The molecule has 0 radical (unpaired) electrons. The number of aryl methyl sites for hydroxylation is 3. The molecule has 0 spiro atoms. The normalized spacial score (nSPS) is 11.1. The number of halogens is 1. The molecule has 3 nitrogen and oxygen atoms in total. The van der Waals surface area contributed by atoms with E-state index >= 15 is 0 Å². The Morgan fingerprint density at radius 2 is 0.731 bits per heavy atom. The van der Waals surface area contributed by atoms with Gasteiger partial charge >= 0.3 is 166 Å². The fourth-order valence-corrected chi connectivity index (χ4v) is 6.77. The molecule has 0 bridgehead atoms. The summed E-state index contributed by atoms with van der Waals surface area (Å²) in [6, 6.07) is 23.6. The molecule has 0 atom stereocenters. The molecule has 5 heteroatoms. The molecule has 3 rings (SSSR count). The van der Waals surface area contributed by atoms with Crippen LogP contribution in [-0.2, 0) is 15.7 Å². The van der Waals surface area contributed by atoms with Crippen molar-refractivity contribution in [1.29, 1.82) is 0 Å². The molecule has 134 valence electrons. The third-order valence-corrected chi connectivity index (χ3v) is 8.03. The zero-order chi connectivity index (χ0) is 18.6. The maximum atomic E-state index is 6.19. The third-order valence-electron chi connectivity index (χ3n) is 3.78. The van der Waals surface area contributed by atoms with E-state index in [-0.39, 0.29) is 0 Å². The predicted molar refractivity (Wildman–Crippen MR) is 104 cm³/mol. The van der Waals surface area contributed by atoms with Gasteiger partial charge in [0.05, 0.1) is 0 Å². The summed E-state index contributed by atoms with van der Waals surface area (Å²) in [5.74, 6) is 2.14. The van der Waals surface area contributed by atoms with Gasteiger partial charge in [-0.3, -0.25) is 0 Å². The third kappa shape index (κ3) is 5.37. The second-order valence-corrected chi connectivity index (χ2v) is 12.7. The van der Waals surface area contributed by atoms with Crippen LogP contribution in [0.3, 0.4) is 0 Å². The summed E-state index contributed by atoms with van der Waals surface area (Å²) in [7, 11) is 0. The first-order chi connectivity index (χ1) is 12.4. The van der Waals surface area contributed by atoms with Crippen LogP contribution < -0.4 is 9.96 Å². The van der Waals surface area contributed by atoms with E-state index in [1.165, 1.54) is 16.7 Å². The molecular weight excluding hydrogens is 428 g/mol. The summed E-state index contributed by atoms with van der Waals surface area (Å²) in [6.45, 7) is 6.12. The Hall–Kier alpha value is -1.75. The van der Waals surface area contributed by atoms with E-state index < -0.39 is 15.7 Å². The molecule has 0 amide bonds. The molecule has 3 aromatic rings. The molecule has 0 N–H and O–H groups in total. The van der Waals surface area contributed by atoms with Gasteiger partial charge in [0.25, 0.3) is 0 Å². The van der Waals surface area contributed by atoms with Gasteiger partial charge in [-0.1, -0.05) is 0 Å². The number of rotatable bonds is 6. The van der Waals surface area contributed by atoms with Gasteiger partial charge in [-0.2, -0.15) is 0 Å². The van der Waals surface area contributed by atoms with E-state index in [4.69, 9.17) is 9.96 Å². The standard InChI is InChI=1S/3C7H8O.BrH.Ti/c3*1-6-2-4-7(8)5-3-6;;/h3*2-5,8H,1H3;1H;/q;;;;+4/p-4. The van der Waals surface area contributed by atoms with Crippen LogP contribution in [0, 0.1) is 20.8 Å². The summed E-state index contributed by atoms with van der Waals surface area (Å²) in [4.78, 5) is 0. The first-order valence-corrected chi connectivity index (χ1v) is 14.2. The van der Waals surface area contributed by atoms with Crippen molar-refractivity contribution in [2.75, 3.05) is 0 Å². The molecule has 0 fully saturated rings. The zero-order valence-electron chi connectivity index (χ0n) is 15.0. The fourth-order valence-electron chi connectivity index (χ4n) is 2.30. The molecule has 0 saturated heterocycles. The van der Waals surface area contributed by atoms with Crippen molar-refractivity contribution in [3.63, 3.8) is 0 Å². The number of hydrogen-bond donors (Lipinski definition) is 0. The average Bonchev–Trinajstić information content (AvgIpc) is 2.61. The van der Waals surface area contributed by atoms with Gasteiger partial charge in [0.2, 0.25) is 0 Å². The van der Waals surface area contributed by atoms with Crippen molar-refractivity contribution in [1.82, 2.24) is 0 Å². The molecule has 0 heterocycles. The van der Waals surface area contributed by atoms with Gasteiger partial charge in [0.1, 0.15) is 0 Å². The Labute approximate surface area is 165 Å². The maximum absolute atomic E-state index is 6.19. The number of hydrogen-bond acceptors (Lipinski definition) is 3. The summed E-state index contributed by atoms with van der Waals surface area (Å²) < 4.78 is 18.6. The topological polar surface area (TPSA) is 27.7 Å². The molecular formula is C21H21BrO3Ti. The van der Waals surface area contributed by atoms with Crippen molar-refractivity contribution in [2.24, 2.45) is 0 Å². The van der Waals surface area contributed by atoms with E-state index in [2.05, 4.69) is 13.2 Å². The van der Waals surface area contributed by atoms with E-state index in [1.54, 1.807) is 0 Å². The Balaban J connectivity index is 1.86. The summed E-state index contributed by atoms with van der Waals surface area (Å²) in [6.07, 6.45) is 0. The minimum atomic E-state index is -3.81. The summed E-state index contributed by atoms with van der Waals surface area (Å²) >= 11 is -0.141.